The van der Waals surface area contributed by atoms with E-state index < -0.39 is 0 Å². The van der Waals surface area contributed by atoms with Gasteiger partial charge in [-0.25, -0.2) is 0 Å². The van der Waals surface area contributed by atoms with Crippen molar-refractivity contribution < 1.29 is 9.53 Å². The lowest BCUT2D eigenvalue weighted by Crippen LogP contribution is -2.27. The maximum absolute atomic E-state index is 11.3. The minimum absolute atomic E-state index is 0.0858. The van der Waals surface area contributed by atoms with E-state index in [-0.39, 0.29) is 11.9 Å². The molecular formula is C9H14N4O2. The number of nitrogens with zero attached hydrogens (tertiary/aromatic N) is 3. The van der Waals surface area contributed by atoms with E-state index in [4.69, 9.17) is 10.5 Å². The lowest BCUT2D eigenvalue weighted by Gasteiger charge is -2.21. The van der Waals surface area contributed by atoms with E-state index in [1.54, 1.807) is 0 Å². The third kappa shape index (κ3) is 1.72. The Balaban J connectivity index is 2.17. The molecule has 1 aliphatic rings. The van der Waals surface area contributed by atoms with E-state index in [9.17, 15) is 4.79 Å². The Hall–Kier alpha value is -1.43. The van der Waals surface area contributed by atoms with E-state index in [0.29, 0.717) is 13.0 Å². The van der Waals surface area contributed by atoms with Gasteiger partial charge in [-0.15, -0.1) is 10.2 Å². The van der Waals surface area contributed by atoms with Crippen LogP contribution in [0.25, 0.3) is 0 Å². The zero-order chi connectivity index (χ0) is 10.8. The summed E-state index contributed by atoms with van der Waals surface area (Å²) in [6, 6.07) is 0. The molecule has 0 saturated carbocycles. The van der Waals surface area contributed by atoms with Gasteiger partial charge in [0, 0.05) is 13.0 Å². The van der Waals surface area contributed by atoms with Crippen LogP contribution in [0.3, 0.4) is 0 Å². The van der Waals surface area contributed by atoms with Gasteiger partial charge in [0.25, 0.3) is 0 Å². The summed E-state index contributed by atoms with van der Waals surface area (Å²) in [5.41, 5.74) is 5.52. The molecule has 2 rings (SSSR count). The van der Waals surface area contributed by atoms with Gasteiger partial charge in [0.2, 0.25) is 0 Å². The van der Waals surface area contributed by atoms with Gasteiger partial charge < -0.3 is 15.0 Å². The van der Waals surface area contributed by atoms with Crippen LogP contribution >= 0.6 is 0 Å². The van der Waals surface area contributed by atoms with Crippen LogP contribution in [0.5, 0.6) is 0 Å². The first-order valence-electron chi connectivity index (χ1n) is 4.95. The topological polar surface area (TPSA) is 83.0 Å². The zero-order valence-electron chi connectivity index (χ0n) is 8.64. The molecule has 0 bridgehead atoms. The number of aromatic nitrogens is 3. The molecule has 0 radical (unpaired) electrons. The predicted molar refractivity (Wildman–Crippen MR) is 51.7 cm³/mol. The second-order valence-electron chi connectivity index (χ2n) is 3.60. The summed E-state index contributed by atoms with van der Waals surface area (Å²) in [5.74, 6) is 1.36. The first kappa shape index (κ1) is 10.1. The van der Waals surface area contributed by atoms with Crippen LogP contribution in [-0.4, -0.2) is 27.8 Å². The zero-order valence-corrected chi connectivity index (χ0v) is 8.64. The summed E-state index contributed by atoms with van der Waals surface area (Å²) in [6.07, 6.45) is 1.37. The largest absolute Gasteiger partial charge is 0.469 e. The van der Waals surface area contributed by atoms with Gasteiger partial charge in [0.15, 0.2) is 0 Å². The molecule has 0 amide bonds. The first-order chi connectivity index (χ1) is 7.26. The van der Waals surface area contributed by atoms with Crippen molar-refractivity contribution in [2.45, 2.75) is 25.9 Å². The normalized spacial score (nSPS) is 19.7. The van der Waals surface area contributed by atoms with Crippen molar-refractivity contribution in [3.63, 3.8) is 0 Å². The highest BCUT2D eigenvalue weighted by molar-refractivity contribution is 5.72. The molecule has 15 heavy (non-hydrogen) atoms. The molecule has 1 aromatic heterocycles. The molecule has 1 atom stereocenters. The van der Waals surface area contributed by atoms with E-state index in [2.05, 4.69) is 10.2 Å². The standard InChI is InChI=1S/C9H14N4O2/c1-15-9(14)6-2-3-13-7(4-6)11-12-8(13)5-10/h6H,2-5,10H2,1H3. The summed E-state index contributed by atoms with van der Waals surface area (Å²) < 4.78 is 6.70. The molecule has 1 aromatic rings. The molecule has 0 spiro atoms. The minimum Gasteiger partial charge on any atom is -0.469 e. The van der Waals surface area contributed by atoms with Crippen LogP contribution < -0.4 is 5.73 Å². The number of hydrogen-bond donors (Lipinski definition) is 1. The van der Waals surface area contributed by atoms with Crippen molar-refractivity contribution in [1.82, 2.24) is 14.8 Å². The number of ether oxygens (including phenoxy) is 1. The Labute approximate surface area is 87.4 Å². The SMILES string of the molecule is COC(=O)C1CCn2c(CN)nnc2C1. The van der Waals surface area contributed by atoms with Crippen molar-refractivity contribution in [1.29, 1.82) is 0 Å². The Morgan fingerprint density at radius 1 is 1.67 bits per heavy atom. The fraction of sp³-hybridized carbons (Fsp3) is 0.667. The average molecular weight is 210 g/mol. The molecular weight excluding hydrogens is 196 g/mol. The number of nitrogens with two attached hydrogens (primary N) is 1. The predicted octanol–water partition coefficient (Wildman–Crippen LogP) is -0.528. The molecule has 0 aromatic carbocycles. The van der Waals surface area contributed by atoms with Gasteiger partial charge in [-0.2, -0.15) is 0 Å². The van der Waals surface area contributed by atoms with Crippen LogP contribution in [0.15, 0.2) is 0 Å². The van der Waals surface area contributed by atoms with Crippen LogP contribution in [0.2, 0.25) is 0 Å². The number of carbonyl (C=O) groups excluding carboxylic acids is 1. The number of methoxy groups -OCH3 is 1. The summed E-state index contributed by atoms with van der Waals surface area (Å²) >= 11 is 0. The maximum atomic E-state index is 11.3. The highest BCUT2D eigenvalue weighted by atomic mass is 16.5. The third-order valence-corrected chi connectivity index (χ3v) is 2.75. The van der Waals surface area contributed by atoms with Crippen molar-refractivity contribution >= 4 is 5.97 Å². The first-order valence-corrected chi connectivity index (χ1v) is 4.95. The number of hydrogen-bond acceptors (Lipinski definition) is 5. The molecule has 2 heterocycles. The molecule has 0 aliphatic carbocycles. The monoisotopic (exact) mass is 210 g/mol. The van der Waals surface area contributed by atoms with Gasteiger partial charge in [-0.1, -0.05) is 0 Å². The van der Waals surface area contributed by atoms with Crippen LogP contribution in [0.4, 0.5) is 0 Å². The second kappa shape index (κ2) is 3.98. The van der Waals surface area contributed by atoms with Gasteiger partial charge in [-0.05, 0) is 6.42 Å². The van der Waals surface area contributed by atoms with E-state index in [1.807, 2.05) is 4.57 Å². The fourth-order valence-corrected chi connectivity index (χ4v) is 1.91. The fourth-order valence-electron chi connectivity index (χ4n) is 1.91. The molecule has 0 fully saturated rings. The summed E-state index contributed by atoms with van der Waals surface area (Å²) in [7, 11) is 1.41. The van der Waals surface area contributed by atoms with Crippen molar-refractivity contribution in [3.05, 3.63) is 11.6 Å². The molecule has 0 saturated heterocycles. The van der Waals surface area contributed by atoms with Crippen molar-refractivity contribution in [2.75, 3.05) is 7.11 Å². The van der Waals surface area contributed by atoms with E-state index in [1.165, 1.54) is 7.11 Å². The van der Waals surface area contributed by atoms with Gasteiger partial charge in [0.05, 0.1) is 19.6 Å². The highest BCUT2D eigenvalue weighted by Gasteiger charge is 2.27. The number of esters is 1. The number of carbonyl (C=O) groups is 1. The molecule has 1 unspecified atom stereocenters. The van der Waals surface area contributed by atoms with Crippen LogP contribution in [0.1, 0.15) is 18.1 Å². The lowest BCUT2D eigenvalue weighted by atomic mass is 9.98. The van der Waals surface area contributed by atoms with Gasteiger partial charge in [0.1, 0.15) is 11.6 Å². The summed E-state index contributed by atoms with van der Waals surface area (Å²) in [6.45, 7) is 1.13. The van der Waals surface area contributed by atoms with E-state index in [0.717, 1.165) is 24.6 Å². The van der Waals surface area contributed by atoms with E-state index >= 15 is 0 Å². The molecule has 2 N–H and O–H groups in total. The quantitative estimate of drug-likeness (QED) is 0.663. The summed E-state index contributed by atoms with van der Waals surface area (Å²) in [4.78, 5) is 11.3. The molecule has 1 aliphatic heterocycles. The van der Waals surface area contributed by atoms with Crippen molar-refractivity contribution in [2.24, 2.45) is 11.7 Å². The minimum atomic E-state index is -0.168. The molecule has 6 heteroatoms. The van der Waals surface area contributed by atoms with Crippen LogP contribution in [0, 0.1) is 5.92 Å². The Kier molecular flexibility index (Phi) is 2.68. The lowest BCUT2D eigenvalue weighted by molar-refractivity contribution is -0.146. The van der Waals surface area contributed by atoms with Gasteiger partial charge in [-0.3, -0.25) is 4.79 Å². The Bertz CT molecular complexity index is 374. The number of fused-ring (bicyclic) bond motifs is 1. The second-order valence-corrected chi connectivity index (χ2v) is 3.60. The summed E-state index contributed by atoms with van der Waals surface area (Å²) in [5, 5.41) is 7.99. The maximum Gasteiger partial charge on any atom is 0.309 e. The number of rotatable bonds is 2. The Morgan fingerprint density at radius 3 is 3.13 bits per heavy atom. The average Bonchev–Trinajstić information content (AvgIpc) is 2.69. The van der Waals surface area contributed by atoms with Crippen molar-refractivity contribution in [3.8, 4) is 0 Å². The third-order valence-electron chi connectivity index (χ3n) is 2.75. The highest BCUT2D eigenvalue weighted by Crippen LogP contribution is 2.20. The van der Waals surface area contributed by atoms with Crippen LogP contribution in [-0.2, 0) is 29.0 Å². The van der Waals surface area contributed by atoms with Gasteiger partial charge >= 0.3 is 5.97 Å². The molecule has 82 valence electrons. The Morgan fingerprint density at radius 2 is 2.47 bits per heavy atom. The molecule has 6 nitrogen and oxygen atoms in total. The smallest absolute Gasteiger partial charge is 0.309 e.